The average molecular weight is 205 g/mol. The smallest absolute Gasteiger partial charge is 0.325 e. The Bertz CT molecular complexity index is 467. The lowest BCUT2D eigenvalue weighted by Crippen LogP contribution is -2.11. The molecule has 7 heteroatoms. The molecule has 0 aromatic carbocycles. The molecular formula is C8H7N5O2. The maximum absolute atomic E-state index is 10.5. The molecule has 0 fully saturated rings. The summed E-state index contributed by atoms with van der Waals surface area (Å²) in [5.74, 6) is -0.655. The number of carboxylic acids is 1. The Labute approximate surface area is 84.4 Å². The summed E-state index contributed by atoms with van der Waals surface area (Å²) in [5, 5.41) is 19.3. The molecule has 2 heterocycles. The maximum atomic E-state index is 10.5. The standard InChI is InChI=1S/C8H7N5O2/c14-7(15)5-13-8(10-11-12-13)6-3-1-2-4-9-6/h1-4H,5H2,(H,14,15). The Morgan fingerprint density at radius 2 is 2.33 bits per heavy atom. The third-order valence-electron chi connectivity index (χ3n) is 1.71. The molecule has 0 aliphatic carbocycles. The van der Waals surface area contributed by atoms with Crippen LogP contribution in [-0.4, -0.2) is 36.3 Å². The SMILES string of the molecule is O=C(O)Cn1nnnc1-c1ccccn1. The zero-order valence-corrected chi connectivity index (χ0v) is 7.61. The molecule has 0 aliphatic rings. The van der Waals surface area contributed by atoms with Gasteiger partial charge in [-0.05, 0) is 22.6 Å². The molecule has 0 aliphatic heterocycles. The molecule has 7 nitrogen and oxygen atoms in total. The molecule has 0 radical (unpaired) electrons. The van der Waals surface area contributed by atoms with Crippen molar-refractivity contribution in [1.82, 2.24) is 25.2 Å². The average Bonchev–Trinajstić information content (AvgIpc) is 2.66. The van der Waals surface area contributed by atoms with Crippen molar-refractivity contribution in [3.05, 3.63) is 24.4 Å². The van der Waals surface area contributed by atoms with Gasteiger partial charge in [-0.1, -0.05) is 6.07 Å². The zero-order chi connectivity index (χ0) is 10.7. The number of nitrogens with zero attached hydrogens (tertiary/aromatic N) is 5. The minimum Gasteiger partial charge on any atom is -0.480 e. The van der Waals surface area contributed by atoms with Crippen molar-refractivity contribution in [3.63, 3.8) is 0 Å². The van der Waals surface area contributed by atoms with Gasteiger partial charge in [0.25, 0.3) is 0 Å². The molecule has 15 heavy (non-hydrogen) atoms. The van der Waals surface area contributed by atoms with Gasteiger partial charge < -0.3 is 5.11 Å². The third kappa shape index (κ3) is 1.96. The third-order valence-corrected chi connectivity index (χ3v) is 1.71. The normalized spacial score (nSPS) is 10.1. The molecule has 0 saturated heterocycles. The van der Waals surface area contributed by atoms with E-state index in [2.05, 4.69) is 20.5 Å². The maximum Gasteiger partial charge on any atom is 0.325 e. The Morgan fingerprint density at radius 3 is 3.00 bits per heavy atom. The summed E-state index contributed by atoms with van der Waals surface area (Å²) < 4.78 is 1.19. The quantitative estimate of drug-likeness (QED) is 0.746. The minimum atomic E-state index is -1.00. The second kappa shape index (κ2) is 3.82. The lowest BCUT2D eigenvalue weighted by molar-refractivity contribution is -0.137. The first-order valence-electron chi connectivity index (χ1n) is 4.17. The fraction of sp³-hybridized carbons (Fsp3) is 0.125. The summed E-state index contributed by atoms with van der Waals surface area (Å²) in [7, 11) is 0. The van der Waals surface area contributed by atoms with E-state index in [-0.39, 0.29) is 6.54 Å². The number of rotatable bonds is 3. The van der Waals surface area contributed by atoms with Crippen LogP contribution in [0.1, 0.15) is 0 Å². The molecule has 2 aromatic rings. The van der Waals surface area contributed by atoms with Crippen LogP contribution in [0.5, 0.6) is 0 Å². The van der Waals surface area contributed by atoms with E-state index in [0.717, 1.165) is 0 Å². The van der Waals surface area contributed by atoms with Crippen LogP contribution in [0.2, 0.25) is 0 Å². The first kappa shape index (κ1) is 9.25. The van der Waals surface area contributed by atoms with Crippen molar-refractivity contribution in [2.75, 3.05) is 0 Å². The summed E-state index contributed by atoms with van der Waals surface area (Å²) in [5.41, 5.74) is 0.545. The highest BCUT2D eigenvalue weighted by Gasteiger charge is 2.11. The van der Waals surface area contributed by atoms with Crippen molar-refractivity contribution in [2.45, 2.75) is 6.54 Å². The van der Waals surface area contributed by atoms with E-state index in [4.69, 9.17) is 5.11 Å². The molecular weight excluding hydrogens is 198 g/mol. The van der Waals surface area contributed by atoms with Gasteiger partial charge in [-0.2, -0.15) is 0 Å². The van der Waals surface area contributed by atoms with Crippen molar-refractivity contribution in [2.24, 2.45) is 0 Å². The summed E-state index contributed by atoms with van der Waals surface area (Å²) in [6, 6.07) is 5.25. The Kier molecular flexibility index (Phi) is 2.36. The van der Waals surface area contributed by atoms with Gasteiger partial charge in [-0.25, -0.2) is 4.68 Å². The molecule has 76 valence electrons. The monoisotopic (exact) mass is 205 g/mol. The van der Waals surface area contributed by atoms with Crippen molar-refractivity contribution < 1.29 is 9.90 Å². The number of aromatic nitrogens is 5. The highest BCUT2D eigenvalue weighted by Crippen LogP contribution is 2.10. The van der Waals surface area contributed by atoms with Gasteiger partial charge in [0.1, 0.15) is 12.2 Å². The molecule has 0 amide bonds. The van der Waals surface area contributed by atoms with E-state index in [9.17, 15) is 4.79 Å². The summed E-state index contributed by atoms with van der Waals surface area (Å²) >= 11 is 0. The summed E-state index contributed by atoms with van der Waals surface area (Å²) in [4.78, 5) is 14.5. The second-order valence-electron chi connectivity index (χ2n) is 2.77. The molecule has 0 saturated carbocycles. The Morgan fingerprint density at radius 1 is 1.47 bits per heavy atom. The van der Waals surface area contributed by atoms with E-state index < -0.39 is 5.97 Å². The molecule has 0 spiro atoms. The van der Waals surface area contributed by atoms with Gasteiger partial charge >= 0.3 is 5.97 Å². The molecule has 2 aromatic heterocycles. The predicted octanol–water partition coefficient (Wildman–Crippen LogP) is -0.180. The molecule has 0 atom stereocenters. The van der Waals surface area contributed by atoms with Crippen molar-refractivity contribution in [1.29, 1.82) is 0 Å². The highest BCUT2D eigenvalue weighted by atomic mass is 16.4. The predicted molar refractivity (Wildman–Crippen MR) is 48.7 cm³/mol. The minimum absolute atomic E-state index is 0.279. The number of carbonyl (C=O) groups is 1. The van der Waals surface area contributed by atoms with Gasteiger partial charge in [-0.3, -0.25) is 9.78 Å². The van der Waals surface area contributed by atoms with E-state index in [1.54, 1.807) is 24.4 Å². The van der Waals surface area contributed by atoms with E-state index in [0.29, 0.717) is 11.5 Å². The van der Waals surface area contributed by atoms with Gasteiger partial charge in [-0.15, -0.1) is 5.10 Å². The molecule has 0 unspecified atom stereocenters. The van der Waals surface area contributed by atoms with Gasteiger partial charge in [0.2, 0.25) is 5.82 Å². The van der Waals surface area contributed by atoms with E-state index in [1.807, 2.05) is 0 Å². The number of hydrogen-bond acceptors (Lipinski definition) is 5. The Balaban J connectivity index is 2.37. The van der Waals surface area contributed by atoms with Crippen LogP contribution in [0.15, 0.2) is 24.4 Å². The number of carboxylic acid groups (broad SMARTS) is 1. The summed E-state index contributed by atoms with van der Waals surface area (Å²) in [6.45, 7) is -0.279. The van der Waals surface area contributed by atoms with Crippen LogP contribution < -0.4 is 0 Å². The van der Waals surface area contributed by atoms with Crippen LogP contribution in [0, 0.1) is 0 Å². The van der Waals surface area contributed by atoms with Crippen LogP contribution in [0.3, 0.4) is 0 Å². The van der Waals surface area contributed by atoms with Crippen molar-refractivity contribution >= 4 is 5.97 Å². The lowest BCUT2D eigenvalue weighted by atomic mass is 10.3. The van der Waals surface area contributed by atoms with Gasteiger partial charge in [0.05, 0.1) is 0 Å². The number of pyridine rings is 1. The summed E-state index contributed by atoms with van der Waals surface area (Å²) in [6.07, 6.45) is 1.59. The van der Waals surface area contributed by atoms with E-state index in [1.165, 1.54) is 4.68 Å². The fourth-order valence-corrected chi connectivity index (χ4v) is 1.12. The molecule has 0 bridgehead atoms. The second-order valence-corrected chi connectivity index (χ2v) is 2.77. The van der Waals surface area contributed by atoms with Crippen LogP contribution >= 0.6 is 0 Å². The number of tetrazole rings is 1. The highest BCUT2D eigenvalue weighted by molar-refractivity contribution is 5.67. The van der Waals surface area contributed by atoms with Crippen LogP contribution in [-0.2, 0) is 11.3 Å². The molecule has 1 N–H and O–H groups in total. The number of hydrogen-bond donors (Lipinski definition) is 1. The first-order valence-corrected chi connectivity index (χ1v) is 4.17. The fourth-order valence-electron chi connectivity index (χ4n) is 1.12. The van der Waals surface area contributed by atoms with Gasteiger partial charge in [0, 0.05) is 6.20 Å². The van der Waals surface area contributed by atoms with E-state index >= 15 is 0 Å². The number of aliphatic carboxylic acids is 1. The zero-order valence-electron chi connectivity index (χ0n) is 7.61. The van der Waals surface area contributed by atoms with Crippen molar-refractivity contribution in [3.8, 4) is 11.5 Å². The van der Waals surface area contributed by atoms with Crippen LogP contribution in [0.4, 0.5) is 0 Å². The largest absolute Gasteiger partial charge is 0.480 e. The lowest BCUT2D eigenvalue weighted by Gasteiger charge is -1.99. The Hall–Kier alpha value is -2.31. The van der Waals surface area contributed by atoms with Crippen LogP contribution in [0.25, 0.3) is 11.5 Å². The molecule has 2 rings (SSSR count). The van der Waals surface area contributed by atoms with Gasteiger partial charge in [0.15, 0.2) is 0 Å². The topological polar surface area (TPSA) is 93.8 Å². The first-order chi connectivity index (χ1) is 7.27.